The van der Waals surface area contributed by atoms with E-state index in [4.69, 9.17) is 15.7 Å². The third kappa shape index (κ3) is 3.01. The van der Waals surface area contributed by atoms with Gasteiger partial charge in [0.15, 0.2) is 5.65 Å². The van der Waals surface area contributed by atoms with Gasteiger partial charge in [0.2, 0.25) is 0 Å². The van der Waals surface area contributed by atoms with Crippen LogP contribution < -0.4 is 4.90 Å². The van der Waals surface area contributed by atoms with Crippen LogP contribution in [0.4, 0.5) is 10.6 Å². The number of carbonyl (C=O) groups excluding carboxylic acids is 1. The highest BCUT2D eigenvalue weighted by Crippen LogP contribution is 2.20. The molecule has 22 heavy (non-hydrogen) atoms. The predicted molar refractivity (Wildman–Crippen MR) is 86.1 cm³/mol. The van der Waals surface area contributed by atoms with E-state index in [9.17, 15) is 4.79 Å². The molecular formula is C14H18BrN5O2. The maximum Gasteiger partial charge on any atom is 0.410 e. The first-order valence-electron chi connectivity index (χ1n) is 10.4. The van der Waals surface area contributed by atoms with Gasteiger partial charge < -0.3 is 14.5 Å². The van der Waals surface area contributed by atoms with Gasteiger partial charge in [0, 0.05) is 32.2 Å². The number of amides is 1. The number of ether oxygens (including phenoxy) is 1. The van der Waals surface area contributed by atoms with E-state index in [1.165, 1.54) is 36.8 Å². The van der Waals surface area contributed by atoms with Crippen LogP contribution in [-0.2, 0) is 4.74 Å². The molecular weight excluding hydrogens is 350 g/mol. The molecule has 8 heteroatoms. The van der Waals surface area contributed by atoms with E-state index in [0.29, 0.717) is 4.47 Å². The van der Waals surface area contributed by atoms with Gasteiger partial charge in [-0.05, 0) is 35.8 Å². The van der Waals surface area contributed by atoms with E-state index in [0.717, 1.165) is 0 Å². The molecule has 1 fully saturated rings. The summed E-state index contributed by atoms with van der Waals surface area (Å²) in [7, 11) is 0. The van der Waals surface area contributed by atoms with Gasteiger partial charge in [0.1, 0.15) is 5.82 Å². The molecule has 3 heterocycles. The quantitative estimate of drug-likeness (QED) is 0.804. The lowest BCUT2D eigenvalue weighted by Gasteiger charge is -2.35. The number of hydrogen-bond acceptors (Lipinski definition) is 5. The van der Waals surface area contributed by atoms with Crippen molar-refractivity contribution >= 4 is 33.5 Å². The molecule has 0 saturated carbocycles. The number of fused-ring (bicyclic) bond motifs is 1. The van der Waals surface area contributed by atoms with Crippen LogP contribution in [0.1, 0.15) is 24.8 Å². The summed E-state index contributed by atoms with van der Waals surface area (Å²) >= 11 is 3.21. The molecule has 0 N–H and O–H groups in total. The molecule has 118 valence electrons. The summed E-state index contributed by atoms with van der Waals surface area (Å²) in [5.74, 6) is -0.386. The second-order valence-corrected chi connectivity index (χ2v) is 5.45. The Morgan fingerprint density at radius 2 is 2.14 bits per heavy atom. The summed E-state index contributed by atoms with van der Waals surface area (Å²) in [4.78, 5) is 16.7. The third-order valence-corrected chi connectivity index (χ3v) is 3.17. The van der Waals surface area contributed by atoms with Crippen molar-refractivity contribution in [3.05, 3.63) is 22.9 Å². The smallest absolute Gasteiger partial charge is 0.410 e. The summed E-state index contributed by atoms with van der Waals surface area (Å²) in [6.07, 6.45) is 0.476. The normalized spacial score (nSPS) is 30.2. The summed E-state index contributed by atoms with van der Waals surface area (Å²) in [6.45, 7) is -10.2. The van der Waals surface area contributed by atoms with Gasteiger partial charge in [-0.15, -0.1) is 0 Å². The van der Waals surface area contributed by atoms with E-state index in [1.807, 2.05) is 0 Å². The molecule has 0 radical (unpaired) electrons. The van der Waals surface area contributed by atoms with Crippen LogP contribution >= 0.6 is 15.9 Å². The number of carbonyl (C=O) groups is 1. The second kappa shape index (κ2) is 6.12. The van der Waals surface area contributed by atoms with Gasteiger partial charge in [-0.1, -0.05) is 0 Å². The minimum atomic E-state index is -3.33. The highest BCUT2D eigenvalue weighted by molar-refractivity contribution is 9.10. The molecule has 0 atom stereocenters. The predicted octanol–water partition coefficient (Wildman–Crippen LogP) is 2.16. The van der Waals surface area contributed by atoms with E-state index < -0.39 is 38.2 Å². The topological polar surface area (TPSA) is 63.0 Å². The largest absolute Gasteiger partial charge is 0.447 e. The fourth-order valence-corrected chi connectivity index (χ4v) is 2.03. The number of nitrogens with zero attached hydrogens (tertiary/aromatic N) is 5. The fourth-order valence-electron chi connectivity index (χ4n) is 1.67. The summed E-state index contributed by atoms with van der Waals surface area (Å²) in [6, 6.07) is 1.18. The zero-order valence-corrected chi connectivity index (χ0v) is 13.3. The van der Waals surface area contributed by atoms with Crippen LogP contribution in [0.25, 0.3) is 5.65 Å². The minimum Gasteiger partial charge on any atom is -0.447 e. The molecule has 0 spiro atoms. The van der Waals surface area contributed by atoms with Crippen LogP contribution in [0.15, 0.2) is 22.9 Å². The molecule has 1 aliphatic heterocycles. The van der Waals surface area contributed by atoms with Gasteiger partial charge in [-0.2, -0.15) is 5.10 Å². The molecule has 2 aromatic rings. The Labute approximate surface area is 148 Å². The van der Waals surface area contributed by atoms with E-state index in [1.54, 1.807) is 0 Å². The zero-order chi connectivity index (χ0) is 22.9. The highest BCUT2D eigenvalue weighted by Gasteiger charge is 2.23. The molecule has 2 aromatic heterocycles. The van der Waals surface area contributed by atoms with Crippen molar-refractivity contribution in [2.24, 2.45) is 0 Å². The first kappa shape index (κ1) is 8.14. The number of hydrogen-bond donors (Lipinski definition) is 0. The Balaban J connectivity index is 2.22. The molecule has 7 nitrogen and oxygen atoms in total. The lowest BCUT2D eigenvalue weighted by Crippen LogP contribution is -2.49. The Morgan fingerprint density at radius 1 is 1.41 bits per heavy atom. The molecule has 1 amide bonds. The van der Waals surface area contributed by atoms with Gasteiger partial charge >= 0.3 is 6.09 Å². The fraction of sp³-hybridized carbons (Fsp3) is 0.500. The lowest BCUT2D eigenvalue weighted by molar-refractivity contribution is 0.0751. The molecule has 0 unspecified atom stereocenters. The van der Waals surface area contributed by atoms with Crippen LogP contribution in [0, 0.1) is 0 Å². The van der Waals surface area contributed by atoms with Crippen molar-refractivity contribution in [2.45, 2.75) is 20.0 Å². The van der Waals surface area contributed by atoms with E-state index in [2.05, 4.69) is 26.0 Å². The molecule has 3 rings (SSSR count). The maximum atomic E-state index is 12.5. The Bertz CT molecular complexity index is 970. The number of aromatic nitrogens is 3. The van der Waals surface area contributed by atoms with Gasteiger partial charge in [-0.3, -0.25) is 0 Å². The number of halogens is 1. The van der Waals surface area contributed by atoms with Crippen LogP contribution in [0.5, 0.6) is 0 Å². The van der Waals surface area contributed by atoms with Crippen molar-refractivity contribution in [3.8, 4) is 0 Å². The average Bonchev–Trinajstić information content (AvgIpc) is 2.93. The lowest BCUT2D eigenvalue weighted by atomic mass is 10.3. The first-order valence-corrected chi connectivity index (χ1v) is 7.17. The van der Waals surface area contributed by atoms with Gasteiger partial charge in [0.25, 0.3) is 0 Å². The van der Waals surface area contributed by atoms with Crippen molar-refractivity contribution in [1.29, 1.82) is 0 Å². The maximum absolute atomic E-state index is 12.5. The van der Waals surface area contributed by atoms with E-state index in [-0.39, 0.29) is 21.3 Å². The first-order chi connectivity index (χ1) is 13.6. The standard InChI is InChI=1S/C14H18BrN5O2/c1-10(2)22-14(21)19-7-5-18(6-8-19)12-3-4-20-13(17-12)11(15)9-16-20/h3-4,9-10H,5-8H2,1-2H3/i5D2,6D2,7D2,8D2. The Hall–Kier alpha value is -1.83. The molecule has 0 aliphatic carbocycles. The van der Waals surface area contributed by atoms with Crippen molar-refractivity contribution in [3.63, 3.8) is 0 Å². The highest BCUT2D eigenvalue weighted by atomic mass is 79.9. The summed E-state index contributed by atoms with van der Waals surface area (Å²) in [5.41, 5.74) is 0.182. The number of anilines is 1. The summed E-state index contributed by atoms with van der Waals surface area (Å²) in [5, 5.41) is 3.98. The average molecular weight is 376 g/mol. The van der Waals surface area contributed by atoms with Crippen LogP contribution in [-0.4, -0.2) is 57.7 Å². The van der Waals surface area contributed by atoms with Crippen molar-refractivity contribution in [1.82, 2.24) is 19.5 Å². The van der Waals surface area contributed by atoms with Gasteiger partial charge in [0.05, 0.1) is 27.7 Å². The second-order valence-electron chi connectivity index (χ2n) is 4.60. The van der Waals surface area contributed by atoms with Crippen molar-refractivity contribution < 1.29 is 20.5 Å². The van der Waals surface area contributed by atoms with Crippen LogP contribution in [0.2, 0.25) is 0 Å². The molecule has 1 saturated heterocycles. The van der Waals surface area contributed by atoms with Gasteiger partial charge in [-0.25, -0.2) is 14.3 Å². The van der Waals surface area contributed by atoms with Crippen LogP contribution in [0.3, 0.4) is 0 Å². The van der Waals surface area contributed by atoms with E-state index >= 15 is 0 Å². The number of piperazine rings is 1. The van der Waals surface area contributed by atoms with Crippen molar-refractivity contribution in [2.75, 3.05) is 30.9 Å². The molecule has 0 aromatic carbocycles. The Morgan fingerprint density at radius 3 is 2.82 bits per heavy atom. The summed E-state index contributed by atoms with van der Waals surface area (Å²) < 4.78 is 73.1. The zero-order valence-electron chi connectivity index (χ0n) is 19.7. The monoisotopic (exact) mass is 375 g/mol. The SMILES string of the molecule is [2H]C1([2H])N(C(=O)OC(C)C)C([2H])([2H])C([2H])([2H])N(c2ccn3ncc(Br)c3n2)C1([2H])[2H]. The molecule has 1 aliphatic rings. The number of rotatable bonds is 2. The Kier molecular flexibility index (Phi) is 2.26. The third-order valence-electron chi connectivity index (χ3n) is 2.61. The minimum absolute atomic E-state index is 0.163. The molecule has 0 bridgehead atoms.